The Hall–Kier alpha value is -9.18. The standard InChI is InChI=1S/C67H41NO2/c1-2-16-42(17-3-1)43-30-32-44(33-31-43)68(45-34-36-49-52-21-8-13-27-62(52)69-63-28-14-10-23-54(63)57(49)40-45)46-35-37-51-48-19-5-4-18-47(48)50-20-6-11-25-58(50)67(61(51)41-46)59-26-12-7-24-56(59)65-60(67)39-38-55-53-22-9-15-29-64(53)70-66(55)65/h1-41H. The van der Waals surface area contributed by atoms with E-state index in [0.717, 1.165) is 78.3 Å². The van der Waals surface area contributed by atoms with E-state index in [0.29, 0.717) is 0 Å². The zero-order chi connectivity index (χ0) is 45.9. The summed E-state index contributed by atoms with van der Waals surface area (Å²) in [6.45, 7) is 0. The topological polar surface area (TPSA) is 25.6 Å². The summed E-state index contributed by atoms with van der Waals surface area (Å²) < 4.78 is 13.6. The second-order valence-electron chi connectivity index (χ2n) is 18.7. The molecule has 3 nitrogen and oxygen atoms in total. The molecule has 0 amide bonds. The molecule has 1 aromatic heterocycles. The van der Waals surface area contributed by atoms with Crippen molar-refractivity contribution in [1.82, 2.24) is 0 Å². The summed E-state index contributed by atoms with van der Waals surface area (Å²) in [5.74, 6) is 1.69. The van der Waals surface area contributed by atoms with Crippen LogP contribution in [0, 0.1) is 0 Å². The molecule has 0 radical (unpaired) electrons. The van der Waals surface area contributed by atoms with Gasteiger partial charge in [-0.2, -0.15) is 0 Å². The molecule has 12 aromatic rings. The van der Waals surface area contributed by atoms with E-state index in [4.69, 9.17) is 9.15 Å². The van der Waals surface area contributed by atoms with Gasteiger partial charge in [-0.15, -0.1) is 0 Å². The van der Waals surface area contributed by atoms with Crippen molar-refractivity contribution in [3.8, 4) is 78.3 Å². The molecule has 0 saturated carbocycles. The molecule has 0 saturated heterocycles. The number of ether oxygens (including phenoxy) is 1. The monoisotopic (exact) mass is 891 g/mol. The molecule has 326 valence electrons. The van der Waals surface area contributed by atoms with Crippen LogP contribution in [-0.2, 0) is 5.41 Å². The van der Waals surface area contributed by atoms with Crippen molar-refractivity contribution in [1.29, 1.82) is 0 Å². The van der Waals surface area contributed by atoms with Crippen LogP contribution >= 0.6 is 0 Å². The average Bonchev–Trinajstić information content (AvgIpc) is 3.87. The van der Waals surface area contributed by atoms with E-state index >= 15 is 0 Å². The third-order valence-corrected chi connectivity index (χ3v) is 15.1. The van der Waals surface area contributed by atoms with Crippen LogP contribution in [0.5, 0.6) is 11.5 Å². The molecular formula is C67H41NO2. The molecule has 0 N–H and O–H groups in total. The second kappa shape index (κ2) is 14.9. The fraction of sp³-hybridized carbons (Fsp3) is 0.0149. The number of rotatable bonds is 4. The number of hydrogen-bond acceptors (Lipinski definition) is 3. The molecule has 3 heteroatoms. The van der Waals surface area contributed by atoms with Crippen molar-refractivity contribution in [2.75, 3.05) is 4.90 Å². The van der Waals surface area contributed by atoms with Crippen LogP contribution in [0.4, 0.5) is 17.1 Å². The van der Waals surface area contributed by atoms with Gasteiger partial charge in [-0.25, -0.2) is 0 Å². The number of hydrogen-bond donors (Lipinski definition) is 0. The van der Waals surface area contributed by atoms with Crippen molar-refractivity contribution < 1.29 is 9.15 Å². The van der Waals surface area contributed by atoms with E-state index in [9.17, 15) is 0 Å². The van der Waals surface area contributed by atoms with Gasteiger partial charge in [-0.3, -0.25) is 0 Å². The molecule has 70 heavy (non-hydrogen) atoms. The van der Waals surface area contributed by atoms with Gasteiger partial charge in [0, 0.05) is 44.5 Å². The van der Waals surface area contributed by atoms with Crippen LogP contribution < -0.4 is 9.64 Å². The predicted octanol–water partition coefficient (Wildman–Crippen LogP) is 18.2. The lowest BCUT2D eigenvalue weighted by Gasteiger charge is -2.36. The average molecular weight is 892 g/mol. The Morgan fingerprint density at radius 3 is 1.56 bits per heavy atom. The Bertz CT molecular complexity index is 4110. The maximum absolute atomic E-state index is 6.96. The van der Waals surface area contributed by atoms with E-state index in [1.54, 1.807) is 0 Å². The molecular weight excluding hydrogens is 851 g/mol. The largest absolute Gasteiger partial charge is 0.456 e. The van der Waals surface area contributed by atoms with Gasteiger partial charge in [0.1, 0.15) is 22.7 Å². The Kier molecular flexibility index (Phi) is 8.28. The highest BCUT2D eigenvalue weighted by molar-refractivity contribution is 6.13. The zero-order valence-electron chi connectivity index (χ0n) is 37.9. The van der Waals surface area contributed by atoms with Crippen molar-refractivity contribution >= 4 is 39.0 Å². The normalized spacial score (nSPS) is 14.5. The first-order valence-electron chi connectivity index (χ1n) is 24.1. The first-order valence-corrected chi connectivity index (χ1v) is 24.1. The van der Waals surface area contributed by atoms with Crippen molar-refractivity contribution in [3.05, 3.63) is 271 Å². The van der Waals surface area contributed by atoms with Gasteiger partial charge < -0.3 is 14.1 Å². The Morgan fingerprint density at radius 2 is 0.814 bits per heavy atom. The molecule has 0 bridgehead atoms. The number of fused-ring (bicyclic) bond motifs is 21. The minimum Gasteiger partial charge on any atom is -0.456 e. The van der Waals surface area contributed by atoms with E-state index in [1.807, 2.05) is 6.07 Å². The van der Waals surface area contributed by atoms with Crippen LogP contribution in [0.25, 0.3) is 88.7 Å². The summed E-state index contributed by atoms with van der Waals surface area (Å²) >= 11 is 0. The summed E-state index contributed by atoms with van der Waals surface area (Å²) in [5, 5.41) is 2.26. The zero-order valence-corrected chi connectivity index (χ0v) is 37.9. The highest BCUT2D eigenvalue weighted by Crippen LogP contribution is 2.63. The number of nitrogens with zero attached hydrogens (tertiary/aromatic N) is 1. The Balaban J connectivity index is 1.04. The second-order valence-corrected chi connectivity index (χ2v) is 18.7. The molecule has 1 aliphatic heterocycles. The molecule has 1 atom stereocenters. The first-order chi connectivity index (χ1) is 34.7. The quantitative estimate of drug-likeness (QED) is 0.176. The fourth-order valence-electron chi connectivity index (χ4n) is 12.2. The number of para-hydroxylation sites is 3. The van der Waals surface area contributed by atoms with Gasteiger partial charge in [0.2, 0.25) is 0 Å². The minimum absolute atomic E-state index is 0.726. The van der Waals surface area contributed by atoms with E-state index < -0.39 is 5.41 Å². The van der Waals surface area contributed by atoms with Gasteiger partial charge in [-0.05, 0) is 127 Å². The summed E-state index contributed by atoms with van der Waals surface area (Å²) in [7, 11) is 0. The molecule has 2 aliphatic carbocycles. The summed E-state index contributed by atoms with van der Waals surface area (Å²) in [4.78, 5) is 2.44. The Labute approximate surface area is 405 Å². The Morgan fingerprint density at radius 1 is 0.300 bits per heavy atom. The number of anilines is 3. The maximum Gasteiger partial charge on any atom is 0.143 e. The number of furan rings is 1. The summed E-state index contributed by atoms with van der Waals surface area (Å²) in [5.41, 5.74) is 23.1. The lowest BCUT2D eigenvalue weighted by molar-refractivity contribution is 0.488. The van der Waals surface area contributed by atoms with Gasteiger partial charge >= 0.3 is 0 Å². The predicted molar refractivity (Wildman–Crippen MR) is 287 cm³/mol. The van der Waals surface area contributed by atoms with Crippen LogP contribution in [0.2, 0.25) is 0 Å². The van der Waals surface area contributed by atoms with E-state index in [1.165, 1.54) is 61.2 Å². The third kappa shape index (κ3) is 5.46. The smallest absolute Gasteiger partial charge is 0.143 e. The molecule has 11 aromatic carbocycles. The van der Waals surface area contributed by atoms with Gasteiger partial charge in [0.05, 0.1) is 5.41 Å². The van der Waals surface area contributed by atoms with E-state index in [-0.39, 0.29) is 0 Å². The summed E-state index contributed by atoms with van der Waals surface area (Å²) in [6, 6.07) is 90.8. The molecule has 2 heterocycles. The lowest BCUT2D eigenvalue weighted by Crippen LogP contribution is -2.29. The molecule has 3 aliphatic rings. The van der Waals surface area contributed by atoms with Crippen molar-refractivity contribution in [3.63, 3.8) is 0 Å². The van der Waals surface area contributed by atoms with Crippen LogP contribution in [0.15, 0.2) is 253 Å². The third-order valence-electron chi connectivity index (χ3n) is 15.1. The van der Waals surface area contributed by atoms with Crippen molar-refractivity contribution in [2.24, 2.45) is 0 Å². The highest BCUT2D eigenvalue weighted by Gasteiger charge is 2.51. The molecule has 15 rings (SSSR count). The van der Waals surface area contributed by atoms with Gasteiger partial charge in [0.25, 0.3) is 0 Å². The number of benzene rings is 11. The van der Waals surface area contributed by atoms with Crippen LogP contribution in [0.3, 0.4) is 0 Å². The van der Waals surface area contributed by atoms with Crippen molar-refractivity contribution in [2.45, 2.75) is 5.41 Å². The summed E-state index contributed by atoms with van der Waals surface area (Å²) in [6.07, 6.45) is 0. The molecule has 1 unspecified atom stereocenters. The molecule has 0 fully saturated rings. The molecule has 1 spiro atoms. The lowest BCUT2D eigenvalue weighted by atomic mass is 9.65. The fourth-order valence-corrected chi connectivity index (χ4v) is 12.2. The first kappa shape index (κ1) is 38.9. The highest BCUT2D eigenvalue weighted by atomic mass is 16.5. The minimum atomic E-state index is -0.726. The maximum atomic E-state index is 6.96. The van der Waals surface area contributed by atoms with Crippen LogP contribution in [0.1, 0.15) is 22.3 Å². The van der Waals surface area contributed by atoms with Gasteiger partial charge in [-0.1, -0.05) is 194 Å². The van der Waals surface area contributed by atoms with Crippen LogP contribution in [-0.4, -0.2) is 0 Å². The van der Waals surface area contributed by atoms with E-state index in [2.05, 4.69) is 248 Å². The van der Waals surface area contributed by atoms with Gasteiger partial charge in [0.15, 0.2) is 0 Å². The SMILES string of the molecule is c1ccc(-c2ccc(N(c3ccc4c(c3)-c3ccccc3Oc3ccccc3-4)c3ccc4c(c3)C3(c5ccccc5-c5ccccc5-4)c4ccccc4-c4c3ccc3c4oc4ccccc43)cc2)cc1.